The van der Waals surface area contributed by atoms with E-state index in [0.29, 0.717) is 23.5 Å². The van der Waals surface area contributed by atoms with Crippen LogP contribution in [-0.4, -0.2) is 36.6 Å². The fraction of sp³-hybridized carbons (Fsp3) is 1.00. The largest absolute Gasteiger partial charge is 0.315 e. The standard InChI is InChI=1S/C17H36N2/c1-7-8-9-13-19(14(2)3)15-11-10-12-17(4,5)16(15)18-6/h14-16,18H,7-13H2,1-6H3. The molecule has 0 aliphatic heterocycles. The van der Waals surface area contributed by atoms with Gasteiger partial charge in [0.05, 0.1) is 0 Å². The number of likely N-dealkylation sites (N-methyl/N-ethyl adjacent to an activating group) is 1. The highest BCUT2D eigenvalue weighted by Gasteiger charge is 2.40. The third-order valence-corrected chi connectivity index (χ3v) is 4.97. The summed E-state index contributed by atoms with van der Waals surface area (Å²) in [5, 5.41) is 3.63. The molecule has 0 heterocycles. The molecule has 114 valence electrons. The van der Waals surface area contributed by atoms with E-state index in [-0.39, 0.29) is 0 Å². The zero-order valence-corrected chi connectivity index (χ0v) is 14.1. The van der Waals surface area contributed by atoms with E-state index >= 15 is 0 Å². The summed E-state index contributed by atoms with van der Waals surface area (Å²) in [7, 11) is 2.15. The second-order valence-electron chi connectivity index (χ2n) is 7.25. The van der Waals surface area contributed by atoms with Gasteiger partial charge in [0.2, 0.25) is 0 Å². The molecule has 0 saturated heterocycles. The minimum Gasteiger partial charge on any atom is -0.315 e. The molecule has 0 spiro atoms. The Morgan fingerprint density at radius 3 is 2.47 bits per heavy atom. The number of rotatable bonds is 7. The summed E-state index contributed by atoms with van der Waals surface area (Å²) in [5.41, 5.74) is 0.426. The first-order chi connectivity index (χ1) is 8.94. The molecule has 2 heteroatoms. The molecule has 2 unspecified atom stereocenters. The maximum absolute atomic E-state index is 3.63. The molecule has 1 aliphatic carbocycles. The van der Waals surface area contributed by atoms with Crippen LogP contribution in [0.1, 0.15) is 73.1 Å². The highest BCUT2D eigenvalue weighted by Crippen LogP contribution is 2.38. The lowest BCUT2D eigenvalue weighted by Gasteiger charge is -2.49. The van der Waals surface area contributed by atoms with Gasteiger partial charge in [0.25, 0.3) is 0 Å². The van der Waals surface area contributed by atoms with Crippen LogP contribution in [0.25, 0.3) is 0 Å². The first-order valence-corrected chi connectivity index (χ1v) is 8.37. The van der Waals surface area contributed by atoms with Crippen molar-refractivity contribution in [3.05, 3.63) is 0 Å². The van der Waals surface area contributed by atoms with E-state index in [1.54, 1.807) is 0 Å². The molecule has 0 amide bonds. The first-order valence-electron chi connectivity index (χ1n) is 8.37. The van der Waals surface area contributed by atoms with E-state index in [9.17, 15) is 0 Å². The van der Waals surface area contributed by atoms with Gasteiger partial charge in [0.15, 0.2) is 0 Å². The summed E-state index contributed by atoms with van der Waals surface area (Å²) < 4.78 is 0. The van der Waals surface area contributed by atoms with Gasteiger partial charge in [-0.15, -0.1) is 0 Å². The minimum absolute atomic E-state index is 0.426. The van der Waals surface area contributed by atoms with Gasteiger partial charge in [-0.25, -0.2) is 0 Å². The van der Waals surface area contributed by atoms with Crippen LogP contribution < -0.4 is 5.32 Å². The summed E-state index contributed by atoms with van der Waals surface area (Å²) in [6.07, 6.45) is 8.13. The van der Waals surface area contributed by atoms with Crippen molar-refractivity contribution in [2.75, 3.05) is 13.6 Å². The van der Waals surface area contributed by atoms with Gasteiger partial charge < -0.3 is 5.32 Å². The van der Waals surface area contributed by atoms with Crippen molar-refractivity contribution in [3.63, 3.8) is 0 Å². The molecule has 1 rings (SSSR count). The monoisotopic (exact) mass is 268 g/mol. The van der Waals surface area contributed by atoms with Crippen LogP contribution in [0.15, 0.2) is 0 Å². The van der Waals surface area contributed by atoms with Gasteiger partial charge >= 0.3 is 0 Å². The van der Waals surface area contributed by atoms with E-state index < -0.39 is 0 Å². The molecule has 19 heavy (non-hydrogen) atoms. The Hall–Kier alpha value is -0.0800. The lowest BCUT2D eigenvalue weighted by Crippen LogP contribution is -2.59. The van der Waals surface area contributed by atoms with Crippen molar-refractivity contribution in [2.24, 2.45) is 5.41 Å². The van der Waals surface area contributed by atoms with Crippen LogP contribution in [0.5, 0.6) is 0 Å². The minimum atomic E-state index is 0.426. The summed E-state index contributed by atoms with van der Waals surface area (Å²) >= 11 is 0. The van der Waals surface area contributed by atoms with Crippen LogP contribution >= 0.6 is 0 Å². The van der Waals surface area contributed by atoms with Crippen molar-refractivity contribution in [2.45, 2.75) is 91.3 Å². The second-order valence-corrected chi connectivity index (χ2v) is 7.25. The maximum Gasteiger partial charge on any atom is 0.0271 e. The topological polar surface area (TPSA) is 15.3 Å². The van der Waals surface area contributed by atoms with Crippen molar-refractivity contribution in [1.29, 1.82) is 0 Å². The number of hydrogen-bond acceptors (Lipinski definition) is 2. The SMILES string of the molecule is CCCCCN(C(C)C)C1CCCC(C)(C)C1NC. The molecule has 1 saturated carbocycles. The van der Waals surface area contributed by atoms with Crippen molar-refractivity contribution >= 4 is 0 Å². The molecular formula is C17H36N2. The highest BCUT2D eigenvalue weighted by molar-refractivity contribution is 4.98. The summed E-state index contributed by atoms with van der Waals surface area (Å²) in [6.45, 7) is 13.2. The van der Waals surface area contributed by atoms with Crippen molar-refractivity contribution in [3.8, 4) is 0 Å². The maximum atomic E-state index is 3.63. The Morgan fingerprint density at radius 2 is 1.95 bits per heavy atom. The van der Waals surface area contributed by atoms with Crippen LogP contribution in [0.2, 0.25) is 0 Å². The van der Waals surface area contributed by atoms with E-state index in [4.69, 9.17) is 0 Å². The predicted octanol–water partition coefficient (Wildman–Crippen LogP) is 4.05. The Labute approximate surface area is 121 Å². The molecule has 1 fully saturated rings. The van der Waals surface area contributed by atoms with Crippen LogP contribution in [0.4, 0.5) is 0 Å². The Bertz CT molecular complexity index is 248. The van der Waals surface area contributed by atoms with Gasteiger partial charge in [-0.1, -0.05) is 40.0 Å². The molecule has 0 bridgehead atoms. The van der Waals surface area contributed by atoms with Gasteiger partial charge in [0, 0.05) is 18.1 Å². The van der Waals surface area contributed by atoms with Crippen LogP contribution in [-0.2, 0) is 0 Å². The Kier molecular flexibility index (Phi) is 6.82. The van der Waals surface area contributed by atoms with Crippen molar-refractivity contribution < 1.29 is 0 Å². The van der Waals surface area contributed by atoms with E-state index in [1.165, 1.54) is 45.1 Å². The van der Waals surface area contributed by atoms with E-state index in [2.05, 4.69) is 51.9 Å². The first kappa shape index (κ1) is 17.0. The smallest absolute Gasteiger partial charge is 0.0271 e. The van der Waals surface area contributed by atoms with Crippen molar-refractivity contribution in [1.82, 2.24) is 10.2 Å². The number of nitrogens with one attached hydrogen (secondary N) is 1. The highest BCUT2D eigenvalue weighted by atomic mass is 15.2. The summed E-state index contributed by atoms with van der Waals surface area (Å²) in [5.74, 6) is 0. The number of unbranched alkanes of at least 4 members (excludes halogenated alkanes) is 2. The van der Waals surface area contributed by atoms with E-state index in [1.807, 2.05) is 0 Å². The summed E-state index contributed by atoms with van der Waals surface area (Å²) in [4.78, 5) is 2.76. The fourth-order valence-electron chi connectivity index (χ4n) is 3.90. The molecule has 0 aromatic rings. The third kappa shape index (κ3) is 4.46. The van der Waals surface area contributed by atoms with Gasteiger partial charge in [-0.3, -0.25) is 4.90 Å². The zero-order valence-electron chi connectivity index (χ0n) is 14.1. The van der Waals surface area contributed by atoms with E-state index in [0.717, 1.165) is 0 Å². The molecule has 0 radical (unpaired) electrons. The molecule has 1 N–H and O–H groups in total. The predicted molar refractivity (Wildman–Crippen MR) is 85.6 cm³/mol. The molecular weight excluding hydrogens is 232 g/mol. The molecule has 0 aromatic carbocycles. The normalized spacial score (nSPS) is 27.2. The molecule has 1 aliphatic rings. The van der Waals surface area contributed by atoms with Gasteiger partial charge in [-0.2, -0.15) is 0 Å². The lowest BCUT2D eigenvalue weighted by molar-refractivity contribution is 0.0332. The fourth-order valence-corrected chi connectivity index (χ4v) is 3.90. The second kappa shape index (κ2) is 7.64. The van der Waals surface area contributed by atoms with Gasteiger partial charge in [-0.05, 0) is 52.1 Å². The Balaban J connectivity index is 2.75. The number of nitrogens with zero attached hydrogens (tertiary/aromatic N) is 1. The quantitative estimate of drug-likeness (QED) is 0.701. The van der Waals surface area contributed by atoms with Crippen LogP contribution in [0.3, 0.4) is 0 Å². The Morgan fingerprint density at radius 1 is 1.26 bits per heavy atom. The lowest BCUT2D eigenvalue weighted by atomic mass is 9.70. The third-order valence-electron chi connectivity index (χ3n) is 4.97. The summed E-state index contributed by atoms with van der Waals surface area (Å²) in [6, 6.07) is 2.00. The van der Waals surface area contributed by atoms with Gasteiger partial charge in [0.1, 0.15) is 0 Å². The molecule has 2 nitrogen and oxygen atoms in total. The average Bonchev–Trinajstić information content (AvgIpc) is 2.33. The molecule has 2 atom stereocenters. The number of hydrogen-bond donors (Lipinski definition) is 1. The average molecular weight is 268 g/mol. The molecule has 0 aromatic heterocycles. The van der Waals surface area contributed by atoms with Crippen LogP contribution in [0, 0.1) is 5.41 Å². The zero-order chi connectivity index (χ0) is 14.5.